The van der Waals surface area contributed by atoms with Gasteiger partial charge in [0.15, 0.2) is 0 Å². The summed E-state index contributed by atoms with van der Waals surface area (Å²) in [6, 6.07) is 1.51. The van der Waals surface area contributed by atoms with Gasteiger partial charge in [0.1, 0.15) is 5.78 Å². The van der Waals surface area contributed by atoms with Crippen molar-refractivity contribution < 1.29 is 4.79 Å². The molecule has 0 aromatic heterocycles. The number of carbonyl (C=O) groups excluding carboxylic acids is 1. The average Bonchev–Trinajstić information content (AvgIpc) is 2.29. The van der Waals surface area contributed by atoms with Crippen LogP contribution in [-0.2, 0) is 4.79 Å². The van der Waals surface area contributed by atoms with E-state index in [1.807, 2.05) is 0 Å². The summed E-state index contributed by atoms with van der Waals surface area (Å²) in [7, 11) is 2.25. The maximum absolute atomic E-state index is 11.1. The SMILES string of the molecule is CC(=O)CC1CC2C[C@@H](C)C(C1)N2C. The van der Waals surface area contributed by atoms with Gasteiger partial charge in [0, 0.05) is 18.5 Å². The number of nitrogens with zero attached hydrogens (tertiary/aromatic N) is 1. The molecule has 2 nitrogen and oxygen atoms in total. The third kappa shape index (κ3) is 1.72. The Morgan fingerprint density at radius 3 is 2.64 bits per heavy atom. The Balaban J connectivity index is 2.00. The largest absolute Gasteiger partial charge is 0.300 e. The van der Waals surface area contributed by atoms with E-state index in [1.165, 1.54) is 19.3 Å². The van der Waals surface area contributed by atoms with Gasteiger partial charge in [-0.25, -0.2) is 0 Å². The van der Waals surface area contributed by atoms with Gasteiger partial charge in [0.05, 0.1) is 0 Å². The van der Waals surface area contributed by atoms with Crippen LogP contribution in [0.15, 0.2) is 0 Å². The molecule has 2 saturated heterocycles. The van der Waals surface area contributed by atoms with Crippen LogP contribution in [0.4, 0.5) is 0 Å². The summed E-state index contributed by atoms with van der Waals surface area (Å²) in [5.41, 5.74) is 0. The first-order valence-corrected chi connectivity index (χ1v) is 5.79. The van der Waals surface area contributed by atoms with Crippen LogP contribution >= 0.6 is 0 Å². The maximum Gasteiger partial charge on any atom is 0.130 e. The summed E-state index contributed by atoms with van der Waals surface area (Å²) in [5.74, 6) is 1.87. The Kier molecular flexibility index (Phi) is 2.65. The van der Waals surface area contributed by atoms with Crippen LogP contribution in [0.3, 0.4) is 0 Å². The van der Waals surface area contributed by atoms with Crippen LogP contribution in [0.25, 0.3) is 0 Å². The molecule has 0 aromatic rings. The van der Waals surface area contributed by atoms with Crippen molar-refractivity contribution in [3.63, 3.8) is 0 Å². The van der Waals surface area contributed by atoms with E-state index in [-0.39, 0.29) is 0 Å². The fraction of sp³-hybridized carbons (Fsp3) is 0.917. The van der Waals surface area contributed by atoms with Gasteiger partial charge in [-0.05, 0) is 45.1 Å². The zero-order valence-corrected chi connectivity index (χ0v) is 9.49. The van der Waals surface area contributed by atoms with Crippen molar-refractivity contribution in [2.24, 2.45) is 11.8 Å². The molecule has 2 rings (SSSR count). The second-order valence-corrected chi connectivity index (χ2v) is 5.34. The van der Waals surface area contributed by atoms with Crippen LogP contribution in [0.5, 0.6) is 0 Å². The summed E-state index contributed by atoms with van der Waals surface area (Å²) < 4.78 is 0. The number of fused-ring (bicyclic) bond motifs is 2. The van der Waals surface area contributed by atoms with E-state index in [9.17, 15) is 4.79 Å². The lowest BCUT2D eigenvalue weighted by molar-refractivity contribution is -0.118. The molecule has 0 saturated carbocycles. The quantitative estimate of drug-likeness (QED) is 0.672. The number of piperidine rings is 1. The minimum atomic E-state index is 0.367. The smallest absolute Gasteiger partial charge is 0.130 e. The third-order valence-electron chi connectivity index (χ3n) is 4.16. The first-order valence-electron chi connectivity index (χ1n) is 5.79. The van der Waals surface area contributed by atoms with Gasteiger partial charge in [-0.15, -0.1) is 0 Å². The van der Waals surface area contributed by atoms with Gasteiger partial charge in [0.2, 0.25) is 0 Å². The second-order valence-electron chi connectivity index (χ2n) is 5.34. The molecule has 0 spiro atoms. The van der Waals surface area contributed by atoms with Crippen LogP contribution in [-0.4, -0.2) is 29.8 Å². The van der Waals surface area contributed by atoms with Crippen molar-refractivity contribution in [2.45, 2.75) is 51.6 Å². The van der Waals surface area contributed by atoms with Crippen LogP contribution in [0.1, 0.15) is 39.5 Å². The molecule has 14 heavy (non-hydrogen) atoms. The van der Waals surface area contributed by atoms with E-state index in [0.29, 0.717) is 11.7 Å². The zero-order valence-electron chi connectivity index (χ0n) is 9.49. The minimum Gasteiger partial charge on any atom is -0.300 e. The van der Waals surface area contributed by atoms with Crippen molar-refractivity contribution in [2.75, 3.05) is 7.05 Å². The highest BCUT2D eigenvalue weighted by molar-refractivity contribution is 5.75. The van der Waals surface area contributed by atoms with E-state index < -0.39 is 0 Å². The highest BCUT2D eigenvalue weighted by Crippen LogP contribution is 2.41. The number of ketones is 1. The molecule has 4 atom stereocenters. The summed E-state index contributed by atoms with van der Waals surface area (Å²) in [6.45, 7) is 4.08. The molecule has 80 valence electrons. The number of carbonyl (C=O) groups is 1. The van der Waals surface area contributed by atoms with E-state index in [4.69, 9.17) is 0 Å². The molecule has 0 radical (unpaired) electrons. The Hall–Kier alpha value is -0.370. The Morgan fingerprint density at radius 2 is 2.07 bits per heavy atom. The highest BCUT2D eigenvalue weighted by Gasteiger charge is 2.42. The molecule has 2 heterocycles. The number of hydrogen-bond donors (Lipinski definition) is 0. The number of rotatable bonds is 2. The van der Waals surface area contributed by atoms with Gasteiger partial charge >= 0.3 is 0 Å². The van der Waals surface area contributed by atoms with Crippen molar-refractivity contribution in [3.8, 4) is 0 Å². The maximum atomic E-state index is 11.1. The summed E-state index contributed by atoms with van der Waals surface area (Å²) in [5, 5.41) is 0. The Bertz CT molecular complexity index is 238. The molecule has 0 aromatic carbocycles. The molecular formula is C12H21NO. The van der Waals surface area contributed by atoms with Crippen LogP contribution in [0.2, 0.25) is 0 Å². The lowest BCUT2D eigenvalue weighted by Crippen LogP contribution is -2.41. The van der Waals surface area contributed by atoms with E-state index in [0.717, 1.165) is 24.4 Å². The van der Waals surface area contributed by atoms with Gasteiger partial charge in [0.25, 0.3) is 0 Å². The fourth-order valence-electron chi connectivity index (χ4n) is 3.48. The predicted molar refractivity (Wildman–Crippen MR) is 57.1 cm³/mol. The van der Waals surface area contributed by atoms with Crippen molar-refractivity contribution in [1.29, 1.82) is 0 Å². The zero-order chi connectivity index (χ0) is 10.3. The lowest BCUT2D eigenvalue weighted by Gasteiger charge is -2.36. The first-order chi connectivity index (χ1) is 6.58. The summed E-state index contributed by atoms with van der Waals surface area (Å²) >= 11 is 0. The molecule has 2 fully saturated rings. The molecule has 2 aliphatic rings. The molecule has 0 N–H and O–H groups in total. The third-order valence-corrected chi connectivity index (χ3v) is 4.16. The first kappa shape index (κ1) is 10.2. The molecular weight excluding hydrogens is 174 g/mol. The lowest BCUT2D eigenvalue weighted by atomic mass is 9.86. The molecule has 2 aliphatic heterocycles. The Labute approximate surface area is 86.7 Å². The van der Waals surface area contributed by atoms with E-state index >= 15 is 0 Å². The van der Waals surface area contributed by atoms with Gasteiger partial charge < -0.3 is 9.69 Å². The standard InChI is InChI=1S/C12H21NO/c1-8-4-11-6-10(5-9(2)14)7-12(8)13(11)3/h8,10-12H,4-7H2,1-3H3/t8-,10?,11?,12?/m1/s1. The van der Waals surface area contributed by atoms with Gasteiger partial charge in [-0.3, -0.25) is 0 Å². The summed E-state index contributed by atoms with van der Waals surface area (Å²) in [4.78, 5) is 13.6. The normalized spacial score (nSPS) is 42.8. The molecule has 2 heteroatoms. The van der Waals surface area contributed by atoms with Crippen LogP contribution in [0, 0.1) is 11.8 Å². The second kappa shape index (κ2) is 3.65. The minimum absolute atomic E-state index is 0.367. The van der Waals surface area contributed by atoms with Crippen molar-refractivity contribution in [3.05, 3.63) is 0 Å². The van der Waals surface area contributed by atoms with Gasteiger partial charge in [-0.2, -0.15) is 0 Å². The molecule has 3 unspecified atom stereocenters. The molecule has 2 bridgehead atoms. The van der Waals surface area contributed by atoms with E-state index in [1.54, 1.807) is 6.92 Å². The topological polar surface area (TPSA) is 20.3 Å². The van der Waals surface area contributed by atoms with Crippen molar-refractivity contribution in [1.82, 2.24) is 4.90 Å². The number of Topliss-reactive ketones (excluding diaryl/α,β-unsaturated/α-hetero) is 1. The summed E-state index contributed by atoms with van der Waals surface area (Å²) in [6.07, 6.45) is 4.65. The van der Waals surface area contributed by atoms with E-state index in [2.05, 4.69) is 18.9 Å². The monoisotopic (exact) mass is 195 g/mol. The van der Waals surface area contributed by atoms with Crippen molar-refractivity contribution >= 4 is 5.78 Å². The molecule has 0 aliphatic carbocycles. The number of hydrogen-bond acceptors (Lipinski definition) is 2. The van der Waals surface area contributed by atoms with Gasteiger partial charge in [-0.1, -0.05) is 6.92 Å². The highest BCUT2D eigenvalue weighted by atomic mass is 16.1. The average molecular weight is 195 g/mol. The fourth-order valence-corrected chi connectivity index (χ4v) is 3.48. The Morgan fingerprint density at radius 1 is 1.36 bits per heavy atom. The molecule has 0 amide bonds. The van der Waals surface area contributed by atoms with Crippen LogP contribution < -0.4 is 0 Å². The predicted octanol–water partition coefficient (Wildman–Crippen LogP) is 2.08.